The van der Waals surface area contributed by atoms with Gasteiger partial charge in [0.05, 0.1) is 27.7 Å². The number of hydrogen-bond donors (Lipinski definition) is 1. The van der Waals surface area contributed by atoms with Gasteiger partial charge in [-0.2, -0.15) is 18.3 Å². The predicted molar refractivity (Wildman–Crippen MR) is 129 cm³/mol. The molecule has 0 aliphatic heterocycles. The highest BCUT2D eigenvalue weighted by Gasteiger charge is 2.32. The van der Waals surface area contributed by atoms with Crippen molar-refractivity contribution in [3.63, 3.8) is 0 Å². The van der Waals surface area contributed by atoms with E-state index in [0.717, 1.165) is 23.6 Å². The number of pyridine rings is 1. The number of rotatable bonds is 5. The first kappa shape index (κ1) is 24.5. The Kier molecular flexibility index (Phi) is 6.46. The maximum Gasteiger partial charge on any atom is 0.416 e. The third kappa shape index (κ3) is 4.55. The van der Waals surface area contributed by atoms with Crippen LogP contribution in [0.25, 0.3) is 16.7 Å². The van der Waals surface area contributed by atoms with Gasteiger partial charge in [-0.15, -0.1) is 0 Å². The second kappa shape index (κ2) is 9.22. The van der Waals surface area contributed by atoms with Crippen LogP contribution in [0, 0.1) is 13.8 Å². The van der Waals surface area contributed by atoms with E-state index in [4.69, 9.17) is 11.6 Å². The van der Waals surface area contributed by atoms with Gasteiger partial charge in [-0.3, -0.25) is 14.2 Å². The van der Waals surface area contributed by atoms with Crippen LogP contribution in [0.3, 0.4) is 0 Å². The Balaban J connectivity index is 1.87. The molecule has 6 nitrogen and oxygen atoms in total. The number of nitrogens with zero attached hydrogens (tertiary/aromatic N) is 3. The summed E-state index contributed by atoms with van der Waals surface area (Å²) in [5.41, 5.74) is 0.941. The first-order chi connectivity index (χ1) is 16.5. The largest absolute Gasteiger partial charge is 0.416 e. The predicted octanol–water partition coefficient (Wildman–Crippen LogP) is 6.07. The monoisotopic (exact) mass is 502 g/mol. The summed E-state index contributed by atoms with van der Waals surface area (Å²) in [5, 5.41) is 7.77. The van der Waals surface area contributed by atoms with Crippen molar-refractivity contribution in [1.29, 1.82) is 0 Å². The van der Waals surface area contributed by atoms with Crippen LogP contribution in [-0.2, 0) is 11.0 Å². The summed E-state index contributed by atoms with van der Waals surface area (Å²) in [5.74, 6) is -0.667. The highest BCUT2D eigenvalue weighted by atomic mass is 35.5. The lowest BCUT2D eigenvalue weighted by molar-refractivity contribution is -0.137. The number of halogens is 4. The van der Waals surface area contributed by atoms with E-state index < -0.39 is 29.2 Å². The molecule has 1 amide bonds. The SMILES string of the molecule is CCC(C(=O)Nc1cc(C(F)(F)F)ccc1Cl)n1c(=O)cc(C)c2c(C)nn(-c3ccccc3)c21. The molecule has 4 rings (SSSR count). The smallest absolute Gasteiger partial charge is 0.323 e. The third-order valence-corrected chi connectivity index (χ3v) is 6.12. The lowest BCUT2D eigenvalue weighted by Gasteiger charge is -2.21. The molecule has 1 unspecified atom stereocenters. The Morgan fingerprint density at radius 3 is 2.43 bits per heavy atom. The van der Waals surface area contributed by atoms with E-state index in [1.807, 2.05) is 37.3 Å². The van der Waals surface area contributed by atoms with E-state index in [1.54, 1.807) is 18.5 Å². The molecule has 2 aromatic carbocycles. The Labute approximate surface area is 203 Å². The highest BCUT2D eigenvalue weighted by molar-refractivity contribution is 6.33. The van der Waals surface area contributed by atoms with Gasteiger partial charge in [-0.1, -0.05) is 36.7 Å². The first-order valence-corrected chi connectivity index (χ1v) is 11.2. The lowest BCUT2D eigenvalue weighted by atomic mass is 10.1. The maximum absolute atomic E-state index is 13.4. The molecule has 1 atom stereocenters. The summed E-state index contributed by atoms with van der Waals surface area (Å²) in [6.45, 7) is 5.32. The number of carbonyl (C=O) groups excluding carboxylic acids is 1. The average molecular weight is 503 g/mol. The molecule has 0 aliphatic rings. The van der Waals surface area contributed by atoms with Gasteiger partial charge in [0.2, 0.25) is 5.91 Å². The minimum atomic E-state index is -4.60. The van der Waals surface area contributed by atoms with E-state index in [-0.39, 0.29) is 17.1 Å². The molecular formula is C25H22ClF3N4O2. The van der Waals surface area contributed by atoms with Crippen molar-refractivity contribution in [2.24, 2.45) is 0 Å². The lowest BCUT2D eigenvalue weighted by Crippen LogP contribution is -2.34. The van der Waals surface area contributed by atoms with Gasteiger partial charge in [0.15, 0.2) is 0 Å². The molecule has 182 valence electrons. The molecule has 0 saturated heterocycles. The number of nitrogens with one attached hydrogen (secondary N) is 1. The van der Waals surface area contributed by atoms with Gasteiger partial charge < -0.3 is 5.32 Å². The van der Waals surface area contributed by atoms with Crippen LogP contribution in [0.2, 0.25) is 5.02 Å². The maximum atomic E-state index is 13.4. The third-order valence-electron chi connectivity index (χ3n) is 5.79. The summed E-state index contributed by atoms with van der Waals surface area (Å²) < 4.78 is 42.5. The van der Waals surface area contributed by atoms with Crippen molar-refractivity contribution < 1.29 is 18.0 Å². The molecule has 0 saturated carbocycles. The molecule has 0 bridgehead atoms. The molecular weight excluding hydrogens is 481 g/mol. The molecule has 4 aromatic rings. The number of aromatic nitrogens is 3. The number of amides is 1. The van der Waals surface area contributed by atoms with E-state index >= 15 is 0 Å². The number of hydrogen-bond acceptors (Lipinski definition) is 3. The topological polar surface area (TPSA) is 68.9 Å². The number of fused-ring (bicyclic) bond motifs is 1. The molecule has 0 radical (unpaired) electrons. The van der Waals surface area contributed by atoms with Crippen molar-refractivity contribution in [2.45, 2.75) is 39.4 Å². The Bertz CT molecular complexity index is 1480. The number of para-hydroxylation sites is 1. The van der Waals surface area contributed by atoms with E-state index in [9.17, 15) is 22.8 Å². The number of carbonyl (C=O) groups is 1. The summed E-state index contributed by atoms with van der Waals surface area (Å²) in [4.78, 5) is 26.6. The molecule has 0 aliphatic carbocycles. The zero-order valence-electron chi connectivity index (χ0n) is 19.2. The Morgan fingerprint density at radius 2 is 1.80 bits per heavy atom. The van der Waals surface area contributed by atoms with Crippen molar-refractivity contribution in [3.8, 4) is 5.69 Å². The van der Waals surface area contributed by atoms with E-state index in [1.165, 1.54) is 10.6 Å². The van der Waals surface area contributed by atoms with Crippen LogP contribution >= 0.6 is 11.6 Å². The van der Waals surface area contributed by atoms with Crippen molar-refractivity contribution in [3.05, 3.63) is 86.8 Å². The number of anilines is 1. The van der Waals surface area contributed by atoms with Gasteiger partial charge >= 0.3 is 6.18 Å². The summed E-state index contributed by atoms with van der Waals surface area (Å²) in [6.07, 6.45) is -4.41. The fourth-order valence-corrected chi connectivity index (χ4v) is 4.34. The molecule has 2 heterocycles. The summed E-state index contributed by atoms with van der Waals surface area (Å²) in [7, 11) is 0. The van der Waals surface area contributed by atoms with Crippen molar-refractivity contribution in [1.82, 2.24) is 14.3 Å². The number of benzene rings is 2. The van der Waals surface area contributed by atoms with Crippen LogP contribution in [0.4, 0.5) is 18.9 Å². The first-order valence-electron chi connectivity index (χ1n) is 10.9. The van der Waals surface area contributed by atoms with Crippen LogP contribution in [0.1, 0.15) is 36.2 Å². The summed E-state index contributed by atoms with van der Waals surface area (Å²) in [6, 6.07) is 12.2. The van der Waals surface area contributed by atoms with Crippen LogP contribution < -0.4 is 10.9 Å². The van der Waals surface area contributed by atoms with E-state index in [2.05, 4.69) is 10.4 Å². The Morgan fingerprint density at radius 1 is 1.11 bits per heavy atom. The standard InChI is InChI=1S/C25H22ClF3N4O2/c1-4-20(23(35)30-19-13-16(25(27,28)29)10-11-18(19)26)32-21(34)12-14(2)22-15(3)31-33(24(22)32)17-8-6-5-7-9-17/h5-13,20H,4H2,1-3H3,(H,30,35). The van der Waals surface area contributed by atoms with Crippen LogP contribution in [0.5, 0.6) is 0 Å². The molecule has 0 fully saturated rings. The fourth-order valence-electron chi connectivity index (χ4n) is 4.18. The minimum Gasteiger partial charge on any atom is -0.323 e. The highest BCUT2D eigenvalue weighted by Crippen LogP contribution is 2.34. The van der Waals surface area contributed by atoms with Crippen molar-refractivity contribution in [2.75, 3.05) is 5.32 Å². The number of aryl methyl sites for hydroxylation is 2. The molecule has 35 heavy (non-hydrogen) atoms. The van der Waals surface area contributed by atoms with E-state index in [0.29, 0.717) is 22.6 Å². The van der Waals surface area contributed by atoms with Gasteiger partial charge in [0.25, 0.3) is 5.56 Å². The second-order valence-electron chi connectivity index (χ2n) is 8.17. The molecule has 2 aromatic heterocycles. The summed E-state index contributed by atoms with van der Waals surface area (Å²) >= 11 is 6.08. The van der Waals surface area contributed by atoms with Gasteiger partial charge in [-0.25, -0.2) is 4.68 Å². The fraction of sp³-hybridized carbons (Fsp3) is 0.240. The molecule has 10 heteroatoms. The normalized spacial score (nSPS) is 12.7. The molecule has 1 N–H and O–H groups in total. The average Bonchev–Trinajstić information content (AvgIpc) is 3.15. The zero-order chi connectivity index (χ0) is 25.5. The van der Waals surface area contributed by atoms with Gasteiger partial charge in [0, 0.05) is 11.5 Å². The molecule has 0 spiro atoms. The second-order valence-corrected chi connectivity index (χ2v) is 8.58. The van der Waals surface area contributed by atoms with Gasteiger partial charge in [0.1, 0.15) is 11.7 Å². The van der Waals surface area contributed by atoms with Crippen molar-refractivity contribution >= 4 is 34.2 Å². The zero-order valence-corrected chi connectivity index (χ0v) is 19.9. The van der Waals surface area contributed by atoms with Crippen LogP contribution in [-0.4, -0.2) is 20.3 Å². The van der Waals surface area contributed by atoms with Gasteiger partial charge in [-0.05, 0) is 56.2 Å². The Hall–Kier alpha value is -3.59. The van der Waals surface area contributed by atoms with Crippen LogP contribution in [0.15, 0.2) is 59.4 Å². The quantitative estimate of drug-likeness (QED) is 0.360. The number of alkyl halides is 3. The minimum absolute atomic E-state index is 0.0484.